The fourth-order valence-electron chi connectivity index (χ4n) is 3.33. The molecule has 0 saturated carbocycles. The Morgan fingerprint density at radius 2 is 1.76 bits per heavy atom. The molecule has 0 saturated heterocycles. The van der Waals surface area contributed by atoms with Gasteiger partial charge in [-0.1, -0.05) is 48.0 Å². The summed E-state index contributed by atoms with van der Waals surface area (Å²) < 4.78 is 4.05. The van der Waals surface area contributed by atoms with Gasteiger partial charge in [0.2, 0.25) is 11.6 Å². The van der Waals surface area contributed by atoms with Crippen LogP contribution in [-0.2, 0) is 6.54 Å². The fraction of sp³-hybridized carbons (Fsp3) is 0.143. The number of aromatic nitrogens is 3. The summed E-state index contributed by atoms with van der Waals surface area (Å²) in [6.07, 6.45) is 1.85. The molecule has 0 fully saturated rings. The van der Waals surface area contributed by atoms with Crippen LogP contribution in [0.3, 0.4) is 0 Å². The lowest BCUT2D eigenvalue weighted by Crippen LogP contribution is -2.06. The number of imidazole rings is 2. The lowest BCUT2D eigenvalue weighted by Gasteiger charge is -2.03. The predicted molar refractivity (Wildman–Crippen MR) is 100 cm³/mol. The molecule has 0 aliphatic heterocycles. The highest BCUT2D eigenvalue weighted by molar-refractivity contribution is 6.10. The van der Waals surface area contributed by atoms with Crippen LogP contribution < -0.4 is 0 Å². The molecule has 0 unspecified atom stereocenters. The number of benzene rings is 2. The summed E-state index contributed by atoms with van der Waals surface area (Å²) in [5.74, 6) is 0.764. The van der Waals surface area contributed by atoms with Gasteiger partial charge in [-0.25, -0.2) is 4.98 Å². The molecule has 25 heavy (non-hydrogen) atoms. The van der Waals surface area contributed by atoms with Gasteiger partial charge in [-0.15, -0.1) is 6.58 Å². The summed E-state index contributed by atoms with van der Waals surface area (Å²) >= 11 is 0. The van der Waals surface area contributed by atoms with Crippen molar-refractivity contribution in [1.29, 1.82) is 0 Å². The number of carbonyl (C=O) groups excluding carboxylic acids is 1. The van der Waals surface area contributed by atoms with Gasteiger partial charge in [0, 0.05) is 12.1 Å². The second kappa shape index (κ2) is 5.74. The van der Waals surface area contributed by atoms with Crippen molar-refractivity contribution in [3.8, 4) is 0 Å². The van der Waals surface area contributed by atoms with Gasteiger partial charge in [-0.2, -0.15) is 0 Å². The quantitative estimate of drug-likeness (QED) is 0.413. The molecule has 0 aliphatic rings. The molecule has 4 rings (SSSR count). The fourth-order valence-corrected chi connectivity index (χ4v) is 3.33. The van der Waals surface area contributed by atoms with Crippen LogP contribution in [-0.4, -0.2) is 19.7 Å². The van der Waals surface area contributed by atoms with Gasteiger partial charge in [0.1, 0.15) is 5.69 Å². The molecule has 2 aromatic heterocycles. The molecule has 0 bridgehead atoms. The molecule has 4 nitrogen and oxygen atoms in total. The summed E-state index contributed by atoms with van der Waals surface area (Å²) in [7, 11) is 0. The van der Waals surface area contributed by atoms with Crippen molar-refractivity contribution < 1.29 is 4.79 Å². The molecule has 2 heterocycles. The maximum atomic E-state index is 13.2. The van der Waals surface area contributed by atoms with Gasteiger partial charge >= 0.3 is 0 Å². The molecule has 4 aromatic rings. The minimum Gasteiger partial charge on any atom is -0.306 e. The van der Waals surface area contributed by atoms with E-state index in [4.69, 9.17) is 4.98 Å². The third-order valence-electron chi connectivity index (χ3n) is 4.53. The van der Waals surface area contributed by atoms with Crippen LogP contribution in [0.5, 0.6) is 0 Å². The second-order valence-corrected chi connectivity index (χ2v) is 6.26. The second-order valence-electron chi connectivity index (χ2n) is 6.26. The van der Waals surface area contributed by atoms with Crippen LogP contribution in [0.15, 0.2) is 61.2 Å². The zero-order valence-electron chi connectivity index (χ0n) is 14.4. The maximum Gasteiger partial charge on any atom is 0.216 e. The van der Waals surface area contributed by atoms with Crippen molar-refractivity contribution in [1.82, 2.24) is 14.0 Å². The van der Waals surface area contributed by atoms with E-state index in [1.165, 1.54) is 0 Å². The molecule has 2 aromatic carbocycles. The zero-order valence-corrected chi connectivity index (χ0v) is 14.4. The van der Waals surface area contributed by atoms with Crippen molar-refractivity contribution in [3.63, 3.8) is 0 Å². The highest BCUT2D eigenvalue weighted by Gasteiger charge is 2.23. The number of fused-ring (bicyclic) bond motifs is 3. The first-order valence-corrected chi connectivity index (χ1v) is 8.30. The average molecular weight is 329 g/mol. The molecule has 0 spiro atoms. The van der Waals surface area contributed by atoms with Gasteiger partial charge in [-0.05, 0) is 26.0 Å². The van der Waals surface area contributed by atoms with Crippen molar-refractivity contribution in [2.75, 3.05) is 0 Å². The lowest BCUT2D eigenvalue weighted by molar-refractivity contribution is 0.103. The summed E-state index contributed by atoms with van der Waals surface area (Å²) in [5, 5.41) is 0. The Morgan fingerprint density at radius 1 is 1.08 bits per heavy atom. The van der Waals surface area contributed by atoms with E-state index in [9.17, 15) is 4.79 Å². The molecular weight excluding hydrogens is 310 g/mol. The van der Waals surface area contributed by atoms with Gasteiger partial charge < -0.3 is 4.57 Å². The Morgan fingerprint density at radius 3 is 2.44 bits per heavy atom. The Kier molecular flexibility index (Phi) is 3.53. The van der Waals surface area contributed by atoms with Gasteiger partial charge in [-0.3, -0.25) is 9.20 Å². The third kappa shape index (κ3) is 2.30. The predicted octanol–water partition coefficient (Wildman–Crippen LogP) is 4.32. The topological polar surface area (TPSA) is 39.3 Å². The Bertz CT molecular complexity index is 1110. The van der Waals surface area contributed by atoms with Crippen molar-refractivity contribution in [2.24, 2.45) is 0 Å². The van der Waals surface area contributed by atoms with E-state index in [0.717, 1.165) is 28.1 Å². The normalized spacial score (nSPS) is 11.3. The maximum absolute atomic E-state index is 13.2. The summed E-state index contributed by atoms with van der Waals surface area (Å²) in [6, 6.07) is 15.7. The molecule has 0 atom stereocenters. The van der Waals surface area contributed by atoms with E-state index in [-0.39, 0.29) is 5.78 Å². The standard InChI is InChI=1S/C21H19N3O/c1-4-13-23-17-7-5-6-8-18(17)24-19(15(3)22-21(23)24)20(25)16-11-9-14(2)10-12-16/h4-12H,1,13H2,2-3H3. The minimum absolute atomic E-state index is 0.00786. The number of hydrogen-bond donors (Lipinski definition) is 0. The molecule has 0 amide bonds. The first-order valence-electron chi connectivity index (χ1n) is 8.30. The summed E-state index contributed by atoms with van der Waals surface area (Å²) in [4.78, 5) is 17.9. The molecule has 4 heteroatoms. The zero-order chi connectivity index (χ0) is 17.6. The van der Waals surface area contributed by atoms with Crippen molar-refractivity contribution in [2.45, 2.75) is 20.4 Å². The first-order chi connectivity index (χ1) is 12.1. The van der Waals surface area contributed by atoms with Crippen LogP contribution in [0, 0.1) is 13.8 Å². The molecule has 0 aliphatic carbocycles. The number of allylic oxidation sites excluding steroid dienone is 1. The van der Waals surface area contributed by atoms with E-state index >= 15 is 0 Å². The Balaban J connectivity index is 2.03. The van der Waals surface area contributed by atoms with E-state index in [1.807, 2.05) is 72.9 Å². The van der Waals surface area contributed by atoms with Crippen LogP contribution >= 0.6 is 0 Å². The number of rotatable bonds is 4. The van der Waals surface area contributed by atoms with E-state index < -0.39 is 0 Å². The van der Waals surface area contributed by atoms with Crippen LogP contribution in [0.25, 0.3) is 16.8 Å². The van der Waals surface area contributed by atoms with Crippen molar-refractivity contribution in [3.05, 3.63) is 83.7 Å². The van der Waals surface area contributed by atoms with E-state index in [0.29, 0.717) is 17.8 Å². The summed E-state index contributed by atoms with van der Waals surface area (Å²) in [6.45, 7) is 8.39. The van der Waals surface area contributed by atoms with E-state index in [2.05, 4.69) is 11.1 Å². The number of carbonyl (C=O) groups is 1. The first kappa shape index (κ1) is 15.4. The lowest BCUT2D eigenvalue weighted by atomic mass is 10.1. The van der Waals surface area contributed by atoms with Crippen LogP contribution in [0.4, 0.5) is 0 Å². The Labute approximate surface area is 146 Å². The SMILES string of the molecule is C=CCn1c2ccccc2n2c(C(=O)c3ccc(C)cc3)c(C)nc12. The molecule has 0 N–H and O–H groups in total. The highest BCUT2D eigenvalue weighted by Crippen LogP contribution is 2.26. The van der Waals surface area contributed by atoms with Crippen molar-refractivity contribution >= 4 is 22.6 Å². The van der Waals surface area contributed by atoms with Crippen LogP contribution in [0.2, 0.25) is 0 Å². The molecule has 124 valence electrons. The number of hydrogen-bond acceptors (Lipinski definition) is 2. The number of ketones is 1. The number of nitrogens with zero attached hydrogens (tertiary/aromatic N) is 3. The third-order valence-corrected chi connectivity index (χ3v) is 4.53. The number of para-hydroxylation sites is 2. The van der Waals surface area contributed by atoms with Gasteiger partial charge in [0.05, 0.1) is 16.7 Å². The van der Waals surface area contributed by atoms with E-state index in [1.54, 1.807) is 0 Å². The molecular formula is C21H19N3O. The average Bonchev–Trinajstić information content (AvgIpc) is 3.10. The smallest absolute Gasteiger partial charge is 0.216 e. The largest absolute Gasteiger partial charge is 0.306 e. The Hall–Kier alpha value is -3.14. The summed E-state index contributed by atoms with van der Waals surface area (Å²) in [5.41, 5.74) is 5.20. The number of aryl methyl sites for hydroxylation is 2. The van der Waals surface area contributed by atoms with Gasteiger partial charge in [0.25, 0.3) is 0 Å². The van der Waals surface area contributed by atoms with Crippen LogP contribution in [0.1, 0.15) is 27.3 Å². The minimum atomic E-state index is -0.00786. The monoisotopic (exact) mass is 329 g/mol. The highest BCUT2D eigenvalue weighted by atomic mass is 16.1. The van der Waals surface area contributed by atoms with Gasteiger partial charge in [0.15, 0.2) is 0 Å². The molecule has 0 radical (unpaired) electrons.